The van der Waals surface area contributed by atoms with Crippen LogP contribution in [0.15, 0.2) is 34.8 Å². The first-order valence-electron chi connectivity index (χ1n) is 8.20. The van der Waals surface area contributed by atoms with Crippen molar-refractivity contribution in [3.05, 3.63) is 52.0 Å². The van der Waals surface area contributed by atoms with Crippen LogP contribution in [0.5, 0.6) is 11.5 Å². The van der Waals surface area contributed by atoms with Crippen molar-refractivity contribution >= 4 is 27.5 Å². The molecule has 2 aromatic carbocycles. The Bertz CT molecular complexity index is 799. The van der Waals surface area contributed by atoms with Crippen LogP contribution < -0.4 is 14.4 Å². The number of rotatable bonds is 7. The molecule has 0 saturated carbocycles. The smallest absolute Gasteiger partial charge is 0.258 e. The van der Waals surface area contributed by atoms with Crippen molar-refractivity contribution in [1.82, 2.24) is 0 Å². The minimum absolute atomic E-state index is 0.276. The number of ether oxygens (including phenoxy) is 2. The number of hydrogen-bond acceptors (Lipinski definition) is 3. The molecule has 2 aromatic rings. The second kappa shape index (κ2) is 8.98. The zero-order valence-corrected chi connectivity index (χ0v) is 16.4. The zero-order chi connectivity index (χ0) is 19.3. The molecule has 0 heterocycles. The van der Waals surface area contributed by atoms with E-state index in [2.05, 4.69) is 15.9 Å². The normalized spacial score (nSPS) is 10.5. The summed E-state index contributed by atoms with van der Waals surface area (Å²) in [4.78, 5) is 14.3. The van der Waals surface area contributed by atoms with E-state index in [4.69, 9.17) is 9.47 Å². The number of amides is 1. The summed E-state index contributed by atoms with van der Waals surface area (Å²) in [5.41, 5.74) is 0.613. The van der Waals surface area contributed by atoms with Crippen molar-refractivity contribution in [2.24, 2.45) is 0 Å². The van der Waals surface area contributed by atoms with Crippen LogP contribution in [0.1, 0.15) is 30.6 Å². The van der Waals surface area contributed by atoms with Gasteiger partial charge < -0.3 is 14.4 Å². The van der Waals surface area contributed by atoms with Crippen LogP contribution in [0, 0.1) is 11.6 Å². The molecule has 0 aliphatic carbocycles. The lowest BCUT2D eigenvalue weighted by Crippen LogP contribution is -2.30. The van der Waals surface area contributed by atoms with E-state index in [9.17, 15) is 13.6 Å². The zero-order valence-electron chi connectivity index (χ0n) is 14.8. The first-order chi connectivity index (χ1) is 12.4. The highest BCUT2D eigenvalue weighted by Gasteiger charge is 2.21. The first kappa shape index (κ1) is 20.2. The van der Waals surface area contributed by atoms with Gasteiger partial charge in [0.15, 0.2) is 23.1 Å². The fourth-order valence-electron chi connectivity index (χ4n) is 2.44. The standard InChI is InChI=1S/C19H20BrF2NO3/c1-4-8-26-18-14(20)9-12(10-17(18)25-3)19(24)23(5-2)13-6-7-15(21)16(22)11-13/h6-7,9-11H,4-5,8H2,1-3H3. The fourth-order valence-corrected chi connectivity index (χ4v) is 3.00. The molecule has 26 heavy (non-hydrogen) atoms. The van der Waals surface area contributed by atoms with Gasteiger partial charge in [0.1, 0.15) is 0 Å². The van der Waals surface area contributed by atoms with E-state index in [-0.39, 0.29) is 18.1 Å². The van der Waals surface area contributed by atoms with Crippen LogP contribution in [-0.2, 0) is 0 Å². The monoisotopic (exact) mass is 427 g/mol. The van der Waals surface area contributed by atoms with Crippen molar-refractivity contribution in [3.63, 3.8) is 0 Å². The van der Waals surface area contributed by atoms with Gasteiger partial charge >= 0.3 is 0 Å². The fraction of sp³-hybridized carbons (Fsp3) is 0.316. The highest BCUT2D eigenvalue weighted by atomic mass is 79.9. The molecule has 0 atom stereocenters. The lowest BCUT2D eigenvalue weighted by Gasteiger charge is -2.22. The Balaban J connectivity index is 2.40. The minimum atomic E-state index is -1.00. The van der Waals surface area contributed by atoms with Crippen molar-refractivity contribution < 1.29 is 23.0 Å². The van der Waals surface area contributed by atoms with Gasteiger partial charge in [-0.15, -0.1) is 0 Å². The molecule has 0 bridgehead atoms. The van der Waals surface area contributed by atoms with E-state index in [1.165, 1.54) is 18.1 Å². The second-order valence-corrected chi connectivity index (χ2v) is 6.34. The molecule has 2 rings (SSSR count). The van der Waals surface area contributed by atoms with Crippen molar-refractivity contribution in [2.75, 3.05) is 25.2 Å². The molecule has 4 nitrogen and oxygen atoms in total. The van der Waals surface area contributed by atoms with Gasteiger partial charge in [0.05, 0.1) is 18.2 Å². The van der Waals surface area contributed by atoms with Crippen LogP contribution in [0.25, 0.3) is 0 Å². The number of carbonyl (C=O) groups is 1. The highest BCUT2D eigenvalue weighted by molar-refractivity contribution is 9.10. The summed E-state index contributed by atoms with van der Waals surface area (Å²) in [5.74, 6) is -1.39. The number of anilines is 1. The summed E-state index contributed by atoms with van der Waals surface area (Å²) in [5, 5.41) is 0. The van der Waals surface area contributed by atoms with Gasteiger partial charge in [-0.3, -0.25) is 4.79 Å². The summed E-state index contributed by atoms with van der Waals surface area (Å²) in [7, 11) is 1.49. The second-order valence-electron chi connectivity index (χ2n) is 5.49. The van der Waals surface area contributed by atoms with E-state index in [0.717, 1.165) is 18.6 Å². The Morgan fingerprint density at radius 1 is 1.15 bits per heavy atom. The van der Waals surface area contributed by atoms with Crippen LogP contribution in [0.2, 0.25) is 0 Å². The van der Waals surface area contributed by atoms with Crippen molar-refractivity contribution in [1.29, 1.82) is 0 Å². The third-order valence-electron chi connectivity index (χ3n) is 3.70. The van der Waals surface area contributed by atoms with Gasteiger partial charge in [-0.25, -0.2) is 8.78 Å². The van der Waals surface area contributed by atoms with Gasteiger partial charge in [0, 0.05) is 23.9 Å². The van der Waals surface area contributed by atoms with Crippen LogP contribution >= 0.6 is 15.9 Å². The molecule has 0 spiro atoms. The number of methoxy groups -OCH3 is 1. The Labute approximate surface area is 159 Å². The summed E-state index contributed by atoms with van der Waals surface area (Å²) in [6.45, 7) is 4.54. The number of halogens is 3. The molecule has 0 N–H and O–H groups in total. The van der Waals surface area contributed by atoms with Crippen LogP contribution in [-0.4, -0.2) is 26.2 Å². The van der Waals surface area contributed by atoms with Gasteiger partial charge in [0.2, 0.25) is 0 Å². The molecule has 1 amide bonds. The van der Waals surface area contributed by atoms with Gasteiger partial charge in [-0.2, -0.15) is 0 Å². The number of nitrogens with zero attached hydrogens (tertiary/aromatic N) is 1. The van der Waals surface area contributed by atoms with Gasteiger partial charge in [0.25, 0.3) is 5.91 Å². The van der Waals surface area contributed by atoms with E-state index >= 15 is 0 Å². The van der Waals surface area contributed by atoms with E-state index < -0.39 is 11.6 Å². The predicted molar refractivity (Wildman–Crippen MR) is 100 cm³/mol. The minimum Gasteiger partial charge on any atom is -0.493 e. The molecule has 0 fully saturated rings. The van der Waals surface area contributed by atoms with Crippen molar-refractivity contribution in [2.45, 2.75) is 20.3 Å². The maximum absolute atomic E-state index is 13.5. The van der Waals surface area contributed by atoms with E-state index in [0.29, 0.717) is 28.1 Å². The van der Waals surface area contributed by atoms with Gasteiger partial charge in [-0.1, -0.05) is 6.92 Å². The highest BCUT2D eigenvalue weighted by Crippen LogP contribution is 2.37. The number of carbonyl (C=O) groups excluding carboxylic acids is 1. The number of benzene rings is 2. The molecular formula is C19H20BrF2NO3. The summed E-state index contributed by atoms with van der Waals surface area (Å²) >= 11 is 3.40. The SMILES string of the molecule is CCCOc1c(Br)cc(C(=O)N(CC)c2ccc(F)c(F)c2)cc1OC. The lowest BCUT2D eigenvalue weighted by molar-refractivity contribution is 0.0987. The molecular weight excluding hydrogens is 408 g/mol. The number of hydrogen-bond donors (Lipinski definition) is 0. The van der Waals surface area contributed by atoms with Crippen LogP contribution in [0.3, 0.4) is 0 Å². The average molecular weight is 428 g/mol. The predicted octanol–water partition coefficient (Wildman–Crippen LogP) is 5.19. The molecule has 0 saturated heterocycles. The van der Waals surface area contributed by atoms with E-state index in [1.807, 2.05) is 6.92 Å². The summed E-state index contributed by atoms with van der Waals surface area (Å²) in [6.07, 6.45) is 0.829. The molecule has 140 valence electrons. The third-order valence-corrected chi connectivity index (χ3v) is 4.29. The lowest BCUT2D eigenvalue weighted by atomic mass is 10.1. The van der Waals surface area contributed by atoms with Crippen molar-refractivity contribution in [3.8, 4) is 11.5 Å². The maximum Gasteiger partial charge on any atom is 0.258 e. The summed E-state index contributed by atoms with van der Waals surface area (Å²) < 4.78 is 38.3. The van der Waals surface area contributed by atoms with E-state index in [1.54, 1.807) is 19.1 Å². The molecule has 0 aliphatic rings. The average Bonchev–Trinajstić information content (AvgIpc) is 2.63. The largest absolute Gasteiger partial charge is 0.493 e. The molecule has 0 aromatic heterocycles. The third kappa shape index (κ3) is 4.33. The molecule has 0 aliphatic heterocycles. The Morgan fingerprint density at radius 3 is 2.46 bits per heavy atom. The Hall–Kier alpha value is -2.15. The molecule has 7 heteroatoms. The topological polar surface area (TPSA) is 38.8 Å². The quantitative estimate of drug-likeness (QED) is 0.609. The first-order valence-corrected chi connectivity index (χ1v) is 8.99. The molecule has 0 unspecified atom stereocenters. The molecule has 0 radical (unpaired) electrons. The Morgan fingerprint density at radius 2 is 1.88 bits per heavy atom. The summed E-state index contributed by atoms with van der Waals surface area (Å²) in [6, 6.07) is 6.56. The van der Waals surface area contributed by atoms with Gasteiger partial charge in [-0.05, 0) is 53.5 Å². The maximum atomic E-state index is 13.5. The Kier molecular flexibility index (Phi) is 6.97. The van der Waals surface area contributed by atoms with Crippen LogP contribution in [0.4, 0.5) is 14.5 Å².